The molecule has 0 aliphatic rings. The predicted molar refractivity (Wildman–Crippen MR) is 116 cm³/mol. The monoisotopic (exact) mass is 471 g/mol. The van der Waals surface area contributed by atoms with Gasteiger partial charge in [0, 0.05) is 25.5 Å². The summed E-state index contributed by atoms with van der Waals surface area (Å²) in [6.07, 6.45) is 20.1. The first-order chi connectivity index (χ1) is 14.1. The van der Waals surface area contributed by atoms with Gasteiger partial charge in [0.25, 0.3) is 0 Å². The van der Waals surface area contributed by atoms with E-state index in [4.69, 9.17) is 10.5 Å². The fraction of sp³-hybridized carbons (Fsp3) is 0.913. The number of carboxylic acids is 1. The molecule has 0 rings (SSSR count). The summed E-state index contributed by atoms with van der Waals surface area (Å²) < 4.78 is 5.02. The number of hydrogen-bond donors (Lipinski definition) is 1. The van der Waals surface area contributed by atoms with E-state index in [2.05, 4.69) is 12.2 Å². The first-order valence-electron chi connectivity index (χ1n) is 11.8. The van der Waals surface area contributed by atoms with Crippen LogP contribution in [0.25, 0.3) is 5.73 Å². The molecular formula is C23H44CoN2O4. The summed E-state index contributed by atoms with van der Waals surface area (Å²) in [6, 6.07) is -1.37. The van der Waals surface area contributed by atoms with E-state index in [0.29, 0.717) is 13.0 Å². The number of carbonyl (C=O) groups excluding carboxylic acids is 2. The van der Waals surface area contributed by atoms with E-state index >= 15 is 0 Å². The van der Waals surface area contributed by atoms with Crippen molar-refractivity contribution in [2.45, 2.75) is 116 Å². The van der Waals surface area contributed by atoms with E-state index in [1.807, 2.05) is 0 Å². The van der Waals surface area contributed by atoms with Crippen LogP contribution in [0.5, 0.6) is 0 Å². The minimum absolute atomic E-state index is 0. The van der Waals surface area contributed by atoms with Gasteiger partial charge in [-0.1, -0.05) is 103 Å². The number of aliphatic carboxylic acids is 1. The number of carboxylic acid groups (broad SMARTS) is 1. The molecule has 0 unspecified atom stereocenters. The van der Waals surface area contributed by atoms with Crippen LogP contribution in [0.2, 0.25) is 0 Å². The van der Waals surface area contributed by atoms with Crippen molar-refractivity contribution in [1.82, 2.24) is 5.32 Å². The maximum Gasteiger partial charge on any atom is 2.00 e. The average Bonchev–Trinajstić information content (AvgIpc) is 2.70. The summed E-state index contributed by atoms with van der Waals surface area (Å²) in [6.45, 7) is 2.61. The maximum atomic E-state index is 11.7. The molecule has 0 spiro atoms. The number of nitrogens with one attached hydrogen (secondary N) is 2. The van der Waals surface area contributed by atoms with Crippen molar-refractivity contribution >= 4 is 11.9 Å². The van der Waals surface area contributed by atoms with Crippen molar-refractivity contribution in [1.29, 1.82) is 0 Å². The van der Waals surface area contributed by atoms with Gasteiger partial charge in [0.15, 0.2) is 0 Å². The van der Waals surface area contributed by atoms with Gasteiger partial charge in [0.2, 0.25) is 5.91 Å². The molecule has 0 saturated carbocycles. The van der Waals surface area contributed by atoms with Crippen LogP contribution in [0, 0.1) is 0 Å². The van der Waals surface area contributed by atoms with Gasteiger partial charge in [-0.15, -0.1) is 0 Å². The Balaban J connectivity index is 0. The van der Waals surface area contributed by atoms with E-state index in [-0.39, 0.29) is 35.9 Å². The van der Waals surface area contributed by atoms with Crippen molar-refractivity contribution < 1.29 is 36.2 Å². The largest absolute Gasteiger partial charge is 2.00 e. The van der Waals surface area contributed by atoms with Gasteiger partial charge in [0.1, 0.15) is 0 Å². The van der Waals surface area contributed by atoms with Crippen molar-refractivity contribution in [2.24, 2.45) is 0 Å². The van der Waals surface area contributed by atoms with Crippen molar-refractivity contribution in [3.63, 3.8) is 0 Å². The quantitative estimate of drug-likeness (QED) is 0.234. The molecule has 1 amide bonds. The van der Waals surface area contributed by atoms with Gasteiger partial charge in [-0.2, -0.15) is 0 Å². The second-order valence-electron chi connectivity index (χ2n) is 8.00. The molecule has 0 saturated heterocycles. The normalized spacial score (nSPS) is 11.7. The van der Waals surface area contributed by atoms with Crippen LogP contribution in [0.3, 0.4) is 0 Å². The van der Waals surface area contributed by atoms with E-state index in [1.54, 1.807) is 0 Å². The van der Waals surface area contributed by atoms with Crippen molar-refractivity contribution in [3.8, 4) is 0 Å². The Hall–Kier alpha value is -0.634. The molecule has 0 heterocycles. The number of rotatable bonds is 22. The summed E-state index contributed by atoms with van der Waals surface area (Å²) in [5.41, 5.74) is 7.11. The van der Waals surface area contributed by atoms with Gasteiger partial charge in [0.05, 0.1) is 6.61 Å². The molecule has 0 fully saturated rings. The number of hydrogen-bond acceptors (Lipinski definition) is 4. The zero-order valence-corrected chi connectivity index (χ0v) is 20.0. The number of unbranched alkanes of at least 4 members (excludes halogenated alkanes) is 14. The standard InChI is InChI=1S/C23H45N2O4.Co/c1-2-3-4-5-6-7-8-9-10-11-12-13-14-15-16-17-22(26)25-18-19-29-20-21(24)23(27)28;/h21,24H,2-20H2,1H3,(H,25,26)(H,27,28);/q-1;+2/p-1/t21-;/m0./s1. The van der Waals surface area contributed by atoms with Crippen LogP contribution in [-0.2, 0) is 31.1 Å². The Morgan fingerprint density at radius 3 is 1.70 bits per heavy atom. The Morgan fingerprint density at radius 2 is 1.27 bits per heavy atom. The van der Waals surface area contributed by atoms with Crippen LogP contribution in [0.1, 0.15) is 110 Å². The molecule has 30 heavy (non-hydrogen) atoms. The molecule has 0 bridgehead atoms. The Labute approximate surface area is 194 Å². The fourth-order valence-corrected chi connectivity index (χ4v) is 3.28. The molecule has 6 nitrogen and oxygen atoms in total. The van der Waals surface area contributed by atoms with Gasteiger partial charge >= 0.3 is 16.8 Å². The zero-order valence-electron chi connectivity index (χ0n) is 19.0. The third-order valence-corrected chi connectivity index (χ3v) is 5.14. The van der Waals surface area contributed by atoms with Crippen LogP contribution in [-0.4, -0.2) is 37.7 Å². The SMILES string of the molecule is CCCCCCCCCCCCCCCCCC(=O)NCCOC[C@H]([NH-])C(=O)[O-].[Co+2]. The summed E-state index contributed by atoms with van der Waals surface area (Å²) in [7, 11) is 0. The van der Waals surface area contributed by atoms with Crippen LogP contribution < -0.4 is 10.4 Å². The molecule has 0 aliphatic heterocycles. The van der Waals surface area contributed by atoms with Crippen molar-refractivity contribution in [2.75, 3.05) is 19.8 Å². The van der Waals surface area contributed by atoms with E-state index in [9.17, 15) is 14.7 Å². The Bertz CT molecular complexity index is 397. The summed E-state index contributed by atoms with van der Waals surface area (Å²) >= 11 is 0. The molecular weight excluding hydrogens is 427 g/mol. The summed E-state index contributed by atoms with van der Waals surface area (Å²) in [5.74, 6) is -1.44. The first kappa shape index (κ1) is 31.6. The molecule has 1 radical (unpaired) electrons. The number of ether oxygens (including phenoxy) is 1. The third kappa shape index (κ3) is 23.6. The number of amides is 1. The molecule has 0 aliphatic carbocycles. The minimum Gasteiger partial charge on any atom is -0.668 e. The Kier molecular flexibility index (Phi) is 25.9. The van der Waals surface area contributed by atoms with Gasteiger partial charge < -0.3 is 25.7 Å². The zero-order chi connectivity index (χ0) is 21.6. The molecule has 7 heteroatoms. The summed E-state index contributed by atoms with van der Waals surface area (Å²) in [4.78, 5) is 22.0. The van der Waals surface area contributed by atoms with Crippen molar-refractivity contribution in [3.05, 3.63) is 5.73 Å². The number of carbonyl (C=O) groups is 2. The van der Waals surface area contributed by atoms with Gasteiger partial charge in [-0.05, 0) is 6.42 Å². The third-order valence-electron chi connectivity index (χ3n) is 5.14. The molecule has 179 valence electrons. The molecule has 1 atom stereocenters. The molecule has 0 aromatic carbocycles. The first-order valence-corrected chi connectivity index (χ1v) is 11.8. The van der Waals surface area contributed by atoms with Crippen LogP contribution >= 0.6 is 0 Å². The predicted octanol–water partition coefficient (Wildman–Crippen LogP) is 4.55. The van der Waals surface area contributed by atoms with E-state index < -0.39 is 12.0 Å². The van der Waals surface area contributed by atoms with Crippen LogP contribution in [0.15, 0.2) is 0 Å². The molecule has 0 aromatic heterocycles. The smallest absolute Gasteiger partial charge is 0.668 e. The fourth-order valence-electron chi connectivity index (χ4n) is 3.28. The second kappa shape index (κ2) is 24.6. The average molecular weight is 472 g/mol. The summed E-state index contributed by atoms with van der Waals surface area (Å²) in [5, 5.41) is 13.1. The Morgan fingerprint density at radius 1 is 0.833 bits per heavy atom. The second-order valence-corrected chi connectivity index (χ2v) is 8.00. The van der Waals surface area contributed by atoms with Gasteiger partial charge in [-0.25, -0.2) is 0 Å². The van der Waals surface area contributed by atoms with Crippen LogP contribution in [0.4, 0.5) is 0 Å². The topological polar surface area (TPSA) is 102 Å². The van der Waals surface area contributed by atoms with Gasteiger partial charge in [-0.3, -0.25) is 4.79 Å². The minimum atomic E-state index is -1.44. The maximum absolute atomic E-state index is 11.7. The van der Waals surface area contributed by atoms with E-state index in [1.165, 1.54) is 83.5 Å². The molecule has 0 aromatic rings. The van der Waals surface area contributed by atoms with E-state index in [0.717, 1.165) is 12.8 Å². The molecule has 2 N–H and O–H groups in total.